The summed E-state index contributed by atoms with van der Waals surface area (Å²) < 4.78 is 31.5. The van der Waals surface area contributed by atoms with Gasteiger partial charge in [0.15, 0.2) is 11.6 Å². The van der Waals surface area contributed by atoms with Gasteiger partial charge in [0.05, 0.1) is 17.2 Å². The molecule has 0 bridgehead atoms. The Balaban J connectivity index is 1.96. The molecule has 1 N–H and O–H groups in total. The molecule has 5 nitrogen and oxygen atoms in total. The van der Waals surface area contributed by atoms with E-state index in [-0.39, 0.29) is 17.4 Å². The van der Waals surface area contributed by atoms with E-state index in [1.54, 1.807) is 20.8 Å². The zero-order valence-electron chi connectivity index (χ0n) is 14.8. The number of esters is 1. The number of rotatable bonds is 5. The maximum Gasteiger partial charge on any atom is 0.348 e. The van der Waals surface area contributed by atoms with Crippen LogP contribution in [0, 0.1) is 18.6 Å². The molecule has 0 aliphatic rings. The van der Waals surface area contributed by atoms with Gasteiger partial charge in [-0.2, -0.15) is 0 Å². The maximum atomic E-state index is 13.4. The lowest BCUT2D eigenvalue weighted by molar-refractivity contribution is 0.0531. The molecule has 0 amide bonds. The van der Waals surface area contributed by atoms with Crippen molar-refractivity contribution in [3.63, 3.8) is 0 Å². The van der Waals surface area contributed by atoms with E-state index < -0.39 is 17.6 Å². The van der Waals surface area contributed by atoms with E-state index in [2.05, 4.69) is 9.97 Å². The van der Waals surface area contributed by atoms with Gasteiger partial charge in [-0.25, -0.2) is 18.6 Å². The Bertz CT molecular complexity index is 1080. The normalized spacial score (nSPS) is 12.3. The smallest absolute Gasteiger partial charge is 0.348 e. The second-order valence-electron chi connectivity index (χ2n) is 5.74. The maximum absolute atomic E-state index is 13.4. The van der Waals surface area contributed by atoms with Gasteiger partial charge in [0.1, 0.15) is 15.5 Å². The van der Waals surface area contributed by atoms with Crippen LogP contribution in [-0.2, 0) is 4.74 Å². The number of nitrogens with zero attached hydrogens (tertiary/aromatic N) is 1. The summed E-state index contributed by atoms with van der Waals surface area (Å²) >= 11 is 2.34. The molecule has 0 unspecified atom stereocenters. The van der Waals surface area contributed by atoms with Gasteiger partial charge in [-0.1, -0.05) is 0 Å². The third-order valence-corrected chi connectivity index (χ3v) is 6.14. The van der Waals surface area contributed by atoms with Crippen LogP contribution in [0.5, 0.6) is 0 Å². The number of thioether (sulfide) groups is 1. The fourth-order valence-corrected chi connectivity index (χ4v) is 4.59. The molecular formula is C18H16F2N2O3S2. The van der Waals surface area contributed by atoms with Gasteiger partial charge in [-0.3, -0.25) is 4.79 Å². The van der Waals surface area contributed by atoms with Gasteiger partial charge >= 0.3 is 5.97 Å². The first-order valence-electron chi connectivity index (χ1n) is 8.14. The van der Waals surface area contributed by atoms with Crippen molar-refractivity contribution in [2.45, 2.75) is 30.9 Å². The number of thiophene rings is 1. The van der Waals surface area contributed by atoms with E-state index in [9.17, 15) is 18.4 Å². The summed E-state index contributed by atoms with van der Waals surface area (Å²) in [4.78, 5) is 33.0. The monoisotopic (exact) mass is 410 g/mol. The summed E-state index contributed by atoms with van der Waals surface area (Å²) in [5, 5.41) is 0.0391. The van der Waals surface area contributed by atoms with Crippen molar-refractivity contribution in [2.24, 2.45) is 0 Å². The van der Waals surface area contributed by atoms with Crippen molar-refractivity contribution in [2.75, 3.05) is 6.61 Å². The van der Waals surface area contributed by atoms with Crippen LogP contribution in [0.1, 0.15) is 40.2 Å². The van der Waals surface area contributed by atoms with Crippen molar-refractivity contribution in [3.05, 3.63) is 56.5 Å². The minimum atomic E-state index is -0.933. The number of benzene rings is 1. The third kappa shape index (κ3) is 3.89. The molecule has 3 aromatic rings. The molecule has 0 radical (unpaired) electrons. The van der Waals surface area contributed by atoms with Crippen molar-refractivity contribution in [1.82, 2.24) is 9.97 Å². The second kappa shape index (κ2) is 7.77. The lowest BCUT2D eigenvalue weighted by atomic mass is 10.2. The van der Waals surface area contributed by atoms with Crippen LogP contribution in [0.25, 0.3) is 10.2 Å². The first-order chi connectivity index (χ1) is 12.8. The van der Waals surface area contributed by atoms with Crippen LogP contribution < -0.4 is 5.56 Å². The number of aromatic nitrogens is 2. The molecule has 0 saturated heterocycles. The van der Waals surface area contributed by atoms with E-state index in [0.29, 0.717) is 31.4 Å². The molecule has 1 aromatic carbocycles. The first-order valence-corrected chi connectivity index (χ1v) is 9.83. The number of carbonyl (C=O) groups excluding carboxylic acids is 1. The number of carbonyl (C=O) groups is 1. The molecule has 0 saturated carbocycles. The number of nitrogens with one attached hydrogen (secondary N) is 1. The molecule has 1 atom stereocenters. The van der Waals surface area contributed by atoms with E-state index in [1.165, 1.54) is 17.8 Å². The molecule has 3 rings (SSSR count). The zero-order chi connectivity index (χ0) is 19.7. The van der Waals surface area contributed by atoms with Gasteiger partial charge in [0, 0.05) is 4.90 Å². The Morgan fingerprint density at radius 3 is 2.78 bits per heavy atom. The average Bonchev–Trinajstić information content (AvgIpc) is 2.95. The predicted octanol–water partition coefficient (Wildman–Crippen LogP) is 4.60. The highest BCUT2D eigenvalue weighted by Crippen LogP contribution is 2.35. The fourth-order valence-electron chi connectivity index (χ4n) is 2.55. The standard InChI is InChI=1S/C18H16F2N2O3S2/c1-4-25-18(24)14-8(2)13-16(23)21-15(22-17(13)27-14)9(3)26-10-5-6-11(19)12(20)7-10/h5-7,9H,4H2,1-3H3,(H,21,22,23)/t9-/m1/s1. The first kappa shape index (κ1) is 19.5. The lowest BCUT2D eigenvalue weighted by Gasteiger charge is -2.10. The molecule has 0 aliphatic heterocycles. The highest BCUT2D eigenvalue weighted by Gasteiger charge is 2.21. The summed E-state index contributed by atoms with van der Waals surface area (Å²) in [5.41, 5.74) is 0.187. The van der Waals surface area contributed by atoms with Crippen molar-refractivity contribution in [3.8, 4) is 0 Å². The number of H-pyrrole nitrogens is 1. The van der Waals surface area contributed by atoms with Gasteiger partial charge in [-0.15, -0.1) is 23.1 Å². The largest absolute Gasteiger partial charge is 0.462 e. The SMILES string of the molecule is CCOC(=O)c1sc2nc([C@@H](C)Sc3ccc(F)c(F)c3)[nH]c(=O)c2c1C. The second-order valence-corrected chi connectivity index (χ2v) is 8.16. The van der Waals surface area contributed by atoms with E-state index in [0.717, 1.165) is 23.5 Å². The minimum absolute atomic E-state index is 0.240. The van der Waals surface area contributed by atoms with Gasteiger partial charge < -0.3 is 9.72 Å². The van der Waals surface area contributed by atoms with Crippen LogP contribution in [-0.4, -0.2) is 22.5 Å². The highest BCUT2D eigenvalue weighted by molar-refractivity contribution is 7.99. The number of fused-ring (bicyclic) bond motifs is 1. The Morgan fingerprint density at radius 2 is 2.11 bits per heavy atom. The fraction of sp³-hybridized carbons (Fsp3) is 0.278. The number of aryl methyl sites for hydroxylation is 1. The lowest BCUT2D eigenvalue weighted by Crippen LogP contribution is -2.12. The molecule has 0 aliphatic carbocycles. The van der Waals surface area contributed by atoms with E-state index in [1.807, 2.05) is 0 Å². The van der Waals surface area contributed by atoms with Crippen LogP contribution in [0.2, 0.25) is 0 Å². The van der Waals surface area contributed by atoms with Crippen molar-refractivity contribution < 1.29 is 18.3 Å². The Labute approximate surface area is 161 Å². The van der Waals surface area contributed by atoms with Crippen LogP contribution in [0.4, 0.5) is 8.78 Å². The summed E-state index contributed by atoms with van der Waals surface area (Å²) in [6, 6.07) is 3.61. The number of hydrogen-bond donors (Lipinski definition) is 1. The molecule has 27 heavy (non-hydrogen) atoms. The van der Waals surface area contributed by atoms with Crippen molar-refractivity contribution in [1.29, 1.82) is 0 Å². The summed E-state index contributed by atoms with van der Waals surface area (Å²) in [7, 11) is 0. The van der Waals surface area contributed by atoms with Gasteiger partial charge in [0.25, 0.3) is 5.56 Å². The highest BCUT2D eigenvalue weighted by atomic mass is 32.2. The average molecular weight is 410 g/mol. The third-order valence-electron chi connectivity index (χ3n) is 3.87. The van der Waals surface area contributed by atoms with Crippen LogP contribution in [0.15, 0.2) is 27.9 Å². The van der Waals surface area contributed by atoms with E-state index >= 15 is 0 Å². The number of aromatic amines is 1. The molecule has 0 spiro atoms. The van der Waals surface area contributed by atoms with Crippen LogP contribution >= 0.6 is 23.1 Å². The molecule has 2 heterocycles. The number of hydrogen-bond acceptors (Lipinski definition) is 6. The molecular weight excluding hydrogens is 394 g/mol. The molecule has 2 aromatic heterocycles. The van der Waals surface area contributed by atoms with Gasteiger partial charge in [-0.05, 0) is 44.5 Å². The topological polar surface area (TPSA) is 72.0 Å². The quantitative estimate of drug-likeness (QED) is 0.492. The van der Waals surface area contributed by atoms with Crippen LogP contribution in [0.3, 0.4) is 0 Å². The summed E-state index contributed by atoms with van der Waals surface area (Å²) in [6.07, 6.45) is 0. The van der Waals surface area contributed by atoms with Crippen molar-refractivity contribution >= 4 is 39.3 Å². The van der Waals surface area contributed by atoms with E-state index in [4.69, 9.17) is 4.74 Å². The Kier molecular flexibility index (Phi) is 5.61. The summed E-state index contributed by atoms with van der Waals surface area (Å²) in [5.74, 6) is -1.94. The van der Waals surface area contributed by atoms with Gasteiger partial charge in [0.2, 0.25) is 0 Å². The Morgan fingerprint density at radius 1 is 1.37 bits per heavy atom. The predicted molar refractivity (Wildman–Crippen MR) is 102 cm³/mol. The molecule has 142 valence electrons. The number of ether oxygens (including phenoxy) is 1. The minimum Gasteiger partial charge on any atom is -0.462 e. The summed E-state index contributed by atoms with van der Waals surface area (Å²) in [6.45, 7) is 5.42. The molecule has 9 heteroatoms. The molecule has 0 fully saturated rings. The zero-order valence-corrected chi connectivity index (χ0v) is 16.4. The Hall–Kier alpha value is -2.26. The number of halogens is 2.